The number of aryl methyl sites for hydroxylation is 1. The van der Waals surface area contributed by atoms with E-state index in [9.17, 15) is 0 Å². The lowest BCUT2D eigenvalue weighted by Crippen LogP contribution is -1.95. The lowest BCUT2D eigenvalue weighted by molar-refractivity contribution is 0.768. The molecule has 0 saturated carbocycles. The molecule has 0 radical (unpaired) electrons. The number of nitrogens with two attached hydrogens (primary N) is 1. The van der Waals surface area contributed by atoms with E-state index < -0.39 is 0 Å². The normalized spacial score (nSPS) is 11.3. The molecule has 22 heavy (non-hydrogen) atoms. The van der Waals surface area contributed by atoms with Crippen LogP contribution in [0.3, 0.4) is 0 Å². The number of nitrogens with zero attached hydrogens (tertiary/aromatic N) is 5. The minimum Gasteiger partial charge on any atom is -0.375 e. The van der Waals surface area contributed by atoms with E-state index in [4.69, 9.17) is 5.73 Å². The summed E-state index contributed by atoms with van der Waals surface area (Å²) in [5.74, 6) is 0. The first-order chi connectivity index (χ1) is 10.7. The van der Waals surface area contributed by atoms with Gasteiger partial charge in [-0.25, -0.2) is 9.97 Å². The van der Waals surface area contributed by atoms with Gasteiger partial charge in [-0.1, -0.05) is 17.4 Å². The maximum Gasteiger partial charge on any atom is 0.181 e. The average Bonchev–Trinajstić information content (AvgIpc) is 3.17. The minimum absolute atomic E-state index is 0.605. The smallest absolute Gasteiger partial charge is 0.181 e. The first-order valence-corrected chi connectivity index (χ1v) is 7.65. The number of fused-ring (bicyclic) bond motifs is 1. The van der Waals surface area contributed by atoms with Crippen LogP contribution in [-0.2, 0) is 13.6 Å². The number of thiazole rings is 1. The fourth-order valence-corrected chi connectivity index (χ4v) is 3.24. The molecule has 0 aliphatic rings. The lowest BCUT2D eigenvalue weighted by atomic mass is 10.2. The second kappa shape index (κ2) is 4.96. The number of nitrogen functional groups attached to an aromatic ring is 1. The van der Waals surface area contributed by atoms with Gasteiger partial charge in [-0.2, -0.15) is 5.10 Å². The third-order valence-corrected chi connectivity index (χ3v) is 4.32. The van der Waals surface area contributed by atoms with Gasteiger partial charge < -0.3 is 10.3 Å². The molecule has 0 aliphatic heterocycles. The number of hydrogen-bond acceptors (Lipinski definition) is 5. The lowest BCUT2D eigenvalue weighted by Gasteiger charge is -2.02. The molecule has 0 bridgehead atoms. The predicted octanol–water partition coefficient (Wildman–Crippen LogP) is 2.52. The van der Waals surface area contributed by atoms with Gasteiger partial charge in [0.1, 0.15) is 0 Å². The molecule has 0 amide bonds. The Labute approximate surface area is 130 Å². The molecule has 4 rings (SSSR count). The summed E-state index contributed by atoms with van der Waals surface area (Å²) in [6.07, 6.45) is 7.65. The highest BCUT2D eigenvalue weighted by Gasteiger charge is 2.06. The highest BCUT2D eigenvalue weighted by atomic mass is 32.1. The molecule has 0 saturated heterocycles. The van der Waals surface area contributed by atoms with Crippen molar-refractivity contribution in [1.82, 2.24) is 24.3 Å². The Hall–Kier alpha value is -2.67. The molecule has 6 nitrogen and oxygen atoms in total. The number of rotatable bonds is 3. The topological polar surface area (TPSA) is 74.5 Å². The molecule has 110 valence electrons. The minimum atomic E-state index is 0.605. The fraction of sp³-hybridized carbons (Fsp3) is 0.133. The van der Waals surface area contributed by atoms with Crippen LogP contribution >= 0.6 is 11.3 Å². The van der Waals surface area contributed by atoms with Crippen molar-refractivity contribution >= 4 is 26.7 Å². The molecule has 0 fully saturated rings. The van der Waals surface area contributed by atoms with E-state index in [1.165, 1.54) is 16.9 Å². The first-order valence-electron chi connectivity index (χ1n) is 6.83. The van der Waals surface area contributed by atoms with Gasteiger partial charge in [0.15, 0.2) is 5.13 Å². The Balaban J connectivity index is 1.60. The monoisotopic (exact) mass is 310 g/mol. The van der Waals surface area contributed by atoms with Gasteiger partial charge in [-0.05, 0) is 17.7 Å². The van der Waals surface area contributed by atoms with E-state index in [0.29, 0.717) is 5.13 Å². The standard InChI is InChI=1S/C15H14N6S/c1-20-7-11(5-18-20)13-8-21(9-17-13)6-10-2-3-12-14(4-10)22-15(16)19-12/h2-5,7-9H,6H2,1H3,(H2,16,19). The van der Waals surface area contributed by atoms with Crippen molar-refractivity contribution in [3.05, 3.63) is 48.7 Å². The van der Waals surface area contributed by atoms with Crippen molar-refractivity contribution in [2.24, 2.45) is 7.05 Å². The van der Waals surface area contributed by atoms with Crippen molar-refractivity contribution in [3.63, 3.8) is 0 Å². The summed E-state index contributed by atoms with van der Waals surface area (Å²) in [5.41, 5.74) is 9.85. The number of imidazole rings is 1. The van der Waals surface area contributed by atoms with E-state index in [-0.39, 0.29) is 0 Å². The van der Waals surface area contributed by atoms with E-state index in [2.05, 4.69) is 31.8 Å². The molecular formula is C15H14N6S. The third-order valence-electron chi connectivity index (χ3n) is 3.47. The van der Waals surface area contributed by atoms with Crippen molar-refractivity contribution in [1.29, 1.82) is 0 Å². The summed E-state index contributed by atoms with van der Waals surface area (Å²) in [4.78, 5) is 8.72. The Kier molecular flexibility index (Phi) is 2.93. The van der Waals surface area contributed by atoms with Gasteiger partial charge in [-0.3, -0.25) is 4.68 Å². The quantitative estimate of drug-likeness (QED) is 0.631. The van der Waals surface area contributed by atoms with Crippen LogP contribution in [0.1, 0.15) is 5.56 Å². The van der Waals surface area contributed by atoms with E-state index in [1.54, 1.807) is 4.68 Å². The maximum atomic E-state index is 5.75. The van der Waals surface area contributed by atoms with Crippen molar-refractivity contribution < 1.29 is 0 Å². The van der Waals surface area contributed by atoms with Gasteiger partial charge in [0.2, 0.25) is 0 Å². The first kappa shape index (κ1) is 13.0. The molecule has 0 unspecified atom stereocenters. The third kappa shape index (κ3) is 2.35. The molecule has 0 aliphatic carbocycles. The molecule has 7 heteroatoms. The predicted molar refractivity (Wildman–Crippen MR) is 87.6 cm³/mol. The van der Waals surface area contributed by atoms with Crippen LogP contribution in [0.15, 0.2) is 43.1 Å². The zero-order valence-electron chi connectivity index (χ0n) is 12.0. The van der Waals surface area contributed by atoms with Crippen molar-refractivity contribution in [2.75, 3.05) is 5.73 Å². The van der Waals surface area contributed by atoms with Crippen LogP contribution in [0.5, 0.6) is 0 Å². The van der Waals surface area contributed by atoms with Crippen LogP contribution in [0.2, 0.25) is 0 Å². The molecule has 2 N–H and O–H groups in total. The zero-order valence-corrected chi connectivity index (χ0v) is 12.8. The van der Waals surface area contributed by atoms with Crippen molar-refractivity contribution in [3.8, 4) is 11.3 Å². The number of benzene rings is 1. The molecule has 4 aromatic rings. The van der Waals surface area contributed by atoms with Gasteiger partial charge >= 0.3 is 0 Å². The Bertz CT molecular complexity index is 948. The molecule has 3 aromatic heterocycles. The molecule has 0 atom stereocenters. The van der Waals surface area contributed by atoms with Gasteiger partial charge in [-0.15, -0.1) is 0 Å². The molecular weight excluding hydrogens is 296 g/mol. The average molecular weight is 310 g/mol. The largest absolute Gasteiger partial charge is 0.375 e. The molecule has 0 spiro atoms. The summed E-state index contributed by atoms with van der Waals surface area (Å²) in [5, 5.41) is 4.78. The van der Waals surface area contributed by atoms with Gasteiger partial charge in [0, 0.05) is 31.5 Å². The van der Waals surface area contributed by atoms with E-state index >= 15 is 0 Å². The van der Waals surface area contributed by atoms with Crippen LogP contribution in [0, 0.1) is 0 Å². The van der Waals surface area contributed by atoms with Gasteiger partial charge in [0.25, 0.3) is 0 Å². The Morgan fingerprint density at radius 2 is 2.18 bits per heavy atom. The summed E-state index contributed by atoms with van der Waals surface area (Å²) in [7, 11) is 1.90. The van der Waals surface area contributed by atoms with Crippen LogP contribution < -0.4 is 5.73 Å². The van der Waals surface area contributed by atoms with Gasteiger partial charge in [0.05, 0.1) is 28.4 Å². The van der Waals surface area contributed by atoms with E-state index in [1.807, 2.05) is 38.0 Å². The maximum absolute atomic E-state index is 5.75. The number of hydrogen-bond donors (Lipinski definition) is 1. The molecule has 1 aromatic carbocycles. The van der Waals surface area contributed by atoms with Crippen LogP contribution in [-0.4, -0.2) is 24.3 Å². The Morgan fingerprint density at radius 1 is 1.27 bits per heavy atom. The summed E-state index contributed by atoms with van der Waals surface area (Å²) < 4.78 is 4.95. The summed E-state index contributed by atoms with van der Waals surface area (Å²) in [6, 6.07) is 6.22. The SMILES string of the molecule is Cn1cc(-c2cn(Cc3ccc4nc(N)sc4c3)cn2)cn1. The van der Waals surface area contributed by atoms with Crippen molar-refractivity contribution in [2.45, 2.75) is 6.54 Å². The molecule has 3 heterocycles. The van der Waals surface area contributed by atoms with Crippen LogP contribution in [0.25, 0.3) is 21.5 Å². The highest BCUT2D eigenvalue weighted by Crippen LogP contribution is 2.25. The number of anilines is 1. The second-order valence-corrected chi connectivity index (χ2v) is 6.25. The Morgan fingerprint density at radius 3 is 3.00 bits per heavy atom. The second-order valence-electron chi connectivity index (χ2n) is 5.19. The van der Waals surface area contributed by atoms with Crippen LogP contribution in [0.4, 0.5) is 5.13 Å². The highest BCUT2D eigenvalue weighted by molar-refractivity contribution is 7.22. The summed E-state index contributed by atoms with van der Waals surface area (Å²) >= 11 is 1.51. The fourth-order valence-electron chi connectivity index (χ4n) is 2.45. The summed E-state index contributed by atoms with van der Waals surface area (Å²) in [6.45, 7) is 0.765. The number of aromatic nitrogens is 5. The van der Waals surface area contributed by atoms with E-state index in [0.717, 1.165) is 28.0 Å². The zero-order chi connectivity index (χ0) is 15.1.